The fourth-order valence-electron chi connectivity index (χ4n) is 2.78. The Bertz CT molecular complexity index is 1030. The Kier molecular flexibility index (Phi) is 6.25. The second kappa shape index (κ2) is 7.51. The molecule has 0 saturated heterocycles. The number of carbonyl (C=O) groups is 1. The summed E-state index contributed by atoms with van der Waals surface area (Å²) in [6, 6.07) is 0.0183. The third-order valence-corrected chi connectivity index (χ3v) is 5.48. The van der Waals surface area contributed by atoms with Gasteiger partial charge in [-0.3, -0.25) is 4.79 Å². The standard InChI is InChI=1S/C16H4Cl2F14O2/c17-6-2-4(1-5(9(6)18)11(20,21)22)7(33)3-8(34)10(19)12(23,24)14(27,28)16(31,32)15(29,30)13(10,25)26/h1-3,33H/b7-3-. The lowest BCUT2D eigenvalue weighted by atomic mass is 9.70. The maximum absolute atomic E-state index is 14.6. The van der Waals surface area contributed by atoms with Gasteiger partial charge in [0.25, 0.3) is 0 Å². The van der Waals surface area contributed by atoms with Gasteiger partial charge in [-0.15, -0.1) is 0 Å². The van der Waals surface area contributed by atoms with E-state index in [9.17, 15) is 71.4 Å². The summed E-state index contributed by atoms with van der Waals surface area (Å²) in [6.07, 6.45) is -6.56. The van der Waals surface area contributed by atoms with Gasteiger partial charge in [0.05, 0.1) is 15.6 Å². The molecule has 0 bridgehead atoms. The van der Waals surface area contributed by atoms with Crippen molar-refractivity contribution in [3.05, 3.63) is 39.4 Å². The highest BCUT2D eigenvalue weighted by molar-refractivity contribution is 6.42. The number of rotatable bonds is 3. The first-order valence-corrected chi connectivity index (χ1v) is 8.69. The molecule has 0 unspecified atom stereocenters. The molecule has 2 rings (SSSR count). The molecule has 1 aromatic carbocycles. The van der Waals surface area contributed by atoms with Crippen LogP contribution in [0.2, 0.25) is 10.0 Å². The van der Waals surface area contributed by atoms with Crippen molar-refractivity contribution in [2.24, 2.45) is 0 Å². The van der Waals surface area contributed by atoms with Crippen LogP contribution in [-0.2, 0) is 11.0 Å². The maximum Gasteiger partial charge on any atom is 0.417 e. The van der Waals surface area contributed by atoms with E-state index >= 15 is 0 Å². The van der Waals surface area contributed by atoms with E-state index in [4.69, 9.17) is 23.2 Å². The number of benzene rings is 1. The molecule has 1 aromatic rings. The SMILES string of the molecule is O=C(/C=C(\O)c1cc(Cl)c(Cl)c(C(F)(F)F)c1)C1(F)C(F)(F)C(F)(F)C(F)(F)C(F)(F)C1(F)F. The highest BCUT2D eigenvalue weighted by Crippen LogP contribution is 2.69. The molecule has 2 nitrogen and oxygen atoms in total. The second-order valence-corrected chi connectivity index (χ2v) is 7.53. The Morgan fingerprint density at radius 1 is 0.765 bits per heavy atom. The second-order valence-electron chi connectivity index (χ2n) is 6.74. The van der Waals surface area contributed by atoms with E-state index in [2.05, 4.69) is 0 Å². The first-order chi connectivity index (χ1) is 14.8. The van der Waals surface area contributed by atoms with Crippen LogP contribution in [0.1, 0.15) is 11.1 Å². The Morgan fingerprint density at radius 3 is 1.53 bits per heavy atom. The molecule has 1 N–H and O–H groups in total. The summed E-state index contributed by atoms with van der Waals surface area (Å²) in [5.74, 6) is -43.8. The van der Waals surface area contributed by atoms with Crippen LogP contribution < -0.4 is 0 Å². The molecule has 1 aliphatic rings. The van der Waals surface area contributed by atoms with Crippen molar-refractivity contribution in [3.63, 3.8) is 0 Å². The lowest BCUT2D eigenvalue weighted by molar-refractivity contribution is -0.475. The minimum Gasteiger partial charge on any atom is -0.507 e. The third kappa shape index (κ3) is 3.27. The average Bonchev–Trinajstić information content (AvgIpc) is 2.66. The van der Waals surface area contributed by atoms with E-state index in [1.165, 1.54) is 0 Å². The predicted octanol–water partition coefficient (Wildman–Crippen LogP) is 7.38. The number of carbonyl (C=O) groups excluding carboxylic acids is 1. The van der Waals surface area contributed by atoms with Crippen molar-refractivity contribution in [2.75, 3.05) is 0 Å². The third-order valence-electron chi connectivity index (χ3n) is 4.68. The molecule has 0 heterocycles. The van der Waals surface area contributed by atoms with Crippen molar-refractivity contribution >= 4 is 34.7 Å². The lowest BCUT2D eigenvalue weighted by Gasteiger charge is -2.51. The van der Waals surface area contributed by atoms with E-state index in [0.29, 0.717) is 0 Å². The summed E-state index contributed by atoms with van der Waals surface area (Å²) >= 11 is 10.6. The van der Waals surface area contributed by atoms with Gasteiger partial charge in [0.2, 0.25) is 5.78 Å². The Hall–Kier alpha value is -1.97. The summed E-state index contributed by atoms with van der Waals surface area (Å²) in [7, 11) is 0. The fraction of sp³-hybridized carbons (Fsp3) is 0.438. The number of ketones is 1. The number of alkyl halides is 14. The highest BCUT2D eigenvalue weighted by atomic mass is 35.5. The van der Waals surface area contributed by atoms with Gasteiger partial charge in [-0.1, -0.05) is 23.2 Å². The van der Waals surface area contributed by atoms with Gasteiger partial charge in [0.15, 0.2) is 0 Å². The molecule has 0 atom stereocenters. The molecule has 0 spiro atoms. The minimum atomic E-state index is -7.59. The summed E-state index contributed by atoms with van der Waals surface area (Å²) in [6.45, 7) is 0. The van der Waals surface area contributed by atoms with Crippen LogP contribution in [-0.4, -0.2) is 46.2 Å². The molecule has 192 valence electrons. The smallest absolute Gasteiger partial charge is 0.417 e. The topological polar surface area (TPSA) is 37.3 Å². The van der Waals surface area contributed by atoms with Crippen LogP contribution >= 0.6 is 23.2 Å². The number of halogens is 16. The molecule has 1 aliphatic carbocycles. The first-order valence-electron chi connectivity index (χ1n) is 7.93. The quantitative estimate of drug-likeness (QED) is 0.236. The predicted molar refractivity (Wildman–Crippen MR) is 85.7 cm³/mol. The number of allylic oxidation sites excluding steroid dienone is 1. The van der Waals surface area contributed by atoms with Crippen molar-refractivity contribution in [2.45, 2.75) is 41.5 Å². The lowest BCUT2D eigenvalue weighted by Crippen LogP contribution is -2.85. The normalized spacial score (nSPS) is 24.5. The zero-order valence-electron chi connectivity index (χ0n) is 15.1. The Labute approximate surface area is 187 Å². The molecule has 34 heavy (non-hydrogen) atoms. The van der Waals surface area contributed by atoms with Gasteiger partial charge >= 0.3 is 41.5 Å². The molecule has 0 amide bonds. The van der Waals surface area contributed by atoms with Crippen LogP contribution in [0, 0.1) is 0 Å². The molecule has 1 saturated carbocycles. The number of hydrogen-bond donors (Lipinski definition) is 1. The largest absolute Gasteiger partial charge is 0.507 e. The Balaban J connectivity index is 2.77. The fourth-order valence-corrected chi connectivity index (χ4v) is 3.22. The molecule has 0 aliphatic heterocycles. The highest BCUT2D eigenvalue weighted by Gasteiger charge is 3.02. The van der Waals surface area contributed by atoms with E-state index < -0.39 is 80.2 Å². The zero-order valence-corrected chi connectivity index (χ0v) is 16.6. The van der Waals surface area contributed by atoms with Crippen LogP contribution in [0.15, 0.2) is 18.2 Å². The zero-order chi connectivity index (χ0) is 27.1. The average molecular weight is 565 g/mol. The first kappa shape index (κ1) is 28.3. The number of aliphatic hydroxyl groups is 1. The maximum atomic E-state index is 14.6. The number of aliphatic hydroxyl groups excluding tert-OH is 1. The summed E-state index contributed by atoms with van der Waals surface area (Å²) in [5, 5.41) is 7.31. The summed E-state index contributed by atoms with van der Waals surface area (Å²) < 4.78 is 189. The monoisotopic (exact) mass is 564 g/mol. The summed E-state index contributed by atoms with van der Waals surface area (Å²) in [4.78, 5) is 11.8. The van der Waals surface area contributed by atoms with E-state index in [-0.39, 0.29) is 12.1 Å². The van der Waals surface area contributed by atoms with Crippen molar-refractivity contribution in [1.29, 1.82) is 0 Å². The molecule has 0 radical (unpaired) electrons. The van der Waals surface area contributed by atoms with Crippen molar-refractivity contribution < 1.29 is 71.4 Å². The molecule has 18 heteroatoms. The molecule has 0 aromatic heterocycles. The van der Waals surface area contributed by atoms with Crippen LogP contribution in [0.5, 0.6) is 0 Å². The van der Waals surface area contributed by atoms with Gasteiger partial charge in [-0.2, -0.15) is 57.1 Å². The molecular weight excluding hydrogens is 561 g/mol. The van der Waals surface area contributed by atoms with Gasteiger partial charge < -0.3 is 5.11 Å². The van der Waals surface area contributed by atoms with Crippen LogP contribution in [0.25, 0.3) is 5.76 Å². The van der Waals surface area contributed by atoms with E-state index in [0.717, 1.165) is 0 Å². The molecular formula is C16H4Cl2F14O2. The van der Waals surface area contributed by atoms with Gasteiger partial charge in [-0.05, 0) is 12.1 Å². The van der Waals surface area contributed by atoms with Crippen LogP contribution in [0.3, 0.4) is 0 Å². The van der Waals surface area contributed by atoms with Crippen molar-refractivity contribution in [3.8, 4) is 0 Å². The minimum absolute atomic E-state index is 0.202. The van der Waals surface area contributed by atoms with E-state index in [1.807, 2.05) is 0 Å². The Morgan fingerprint density at radius 2 is 1.15 bits per heavy atom. The number of hydrogen-bond acceptors (Lipinski definition) is 2. The van der Waals surface area contributed by atoms with Gasteiger partial charge in [0.1, 0.15) is 5.76 Å². The van der Waals surface area contributed by atoms with E-state index in [1.54, 1.807) is 0 Å². The molecule has 1 fully saturated rings. The van der Waals surface area contributed by atoms with Crippen molar-refractivity contribution in [1.82, 2.24) is 0 Å². The van der Waals surface area contributed by atoms with Gasteiger partial charge in [-0.25, -0.2) is 4.39 Å². The van der Waals surface area contributed by atoms with Gasteiger partial charge in [0, 0.05) is 11.6 Å². The van der Waals surface area contributed by atoms with Crippen LogP contribution in [0.4, 0.5) is 61.5 Å². The summed E-state index contributed by atoms with van der Waals surface area (Å²) in [5.41, 5.74) is -10.4.